The van der Waals surface area contributed by atoms with Gasteiger partial charge in [0, 0.05) is 11.3 Å². The van der Waals surface area contributed by atoms with Crippen LogP contribution < -0.4 is 0 Å². The molecule has 0 radical (unpaired) electrons. The lowest BCUT2D eigenvalue weighted by Crippen LogP contribution is -2.44. The van der Waals surface area contributed by atoms with Crippen LogP contribution in [0.5, 0.6) is 0 Å². The second-order valence-corrected chi connectivity index (χ2v) is 6.77. The quantitative estimate of drug-likeness (QED) is 0.921. The molecule has 2 atom stereocenters. The molecule has 0 bridgehead atoms. The van der Waals surface area contributed by atoms with Gasteiger partial charge in [-0.3, -0.25) is 4.79 Å². The zero-order chi connectivity index (χ0) is 14.3. The molecule has 1 aliphatic rings. The van der Waals surface area contributed by atoms with Crippen molar-refractivity contribution in [3.63, 3.8) is 0 Å². The first-order chi connectivity index (χ1) is 9.58. The van der Waals surface area contributed by atoms with Gasteiger partial charge in [0.25, 0.3) is 5.91 Å². The third kappa shape index (κ3) is 2.16. The van der Waals surface area contributed by atoms with Crippen molar-refractivity contribution >= 4 is 45.2 Å². The van der Waals surface area contributed by atoms with E-state index in [9.17, 15) is 14.7 Å². The van der Waals surface area contributed by atoms with E-state index in [-0.39, 0.29) is 11.3 Å². The molecule has 1 aromatic carbocycles. The maximum Gasteiger partial charge on any atom is 0.327 e. The predicted octanol–water partition coefficient (Wildman–Crippen LogP) is 2.28. The number of hydrogen-bond acceptors (Lipinski definition) is 5. The van der Waals surface area contributed by atoms with Gasteiger partial charge in [-0.25, -0.2) is 9.78 Å². The molecule has 2 heterocycles. The average Bonchev–Trinajstić information content (AvgIpc) is 3.03. The van der Waals surface area contributed by atoms with Crippen molar-refractivity contribution in [2.75, 3.05) is 5.75 Å². The molecular weight excluding hydrogens is 296 g/mol. The lowest BCUT2D eigenvalue weighted by Gasteiger charge is -2.25. The fourth-order valence-electron chi connectivity index (χ4n) is 2.28. The molecule has 3 rings (SSSR count). The maximum absolute atomic E-state index is 12.6. The number of benzene rings is 1. The first kappa shape index (κ1) is 13.4. The number of fused-ring (bicyclic) bond motifs is 1. The van der Waals surface area contributed by atoms with Crippen LogP contribution in [0.2, 0.25) is 0 Å². The first-order valence-electron chi connectivity index (χ1n) is 6.08. The number of aromatic nitrogens is 1. The number of carboxylic acid groups (broad SMARTS) is 1. The number of aliphatic carboxylic acids is 1. The molecule has 1 aliphatic heterocycles. The van der Waals surface area contributed by atoms with Crippen LogP contribution in [0.15, 0.2) is 23.7 Å². The summed E-state index contributed by atoms with van der Waals surface area (Å²) >= 11 is 2.95. The SMILES string of the molecule is CC1SCC(C(=O)O)N1C(=O)c1ccc2ncsc2c1. The van der Waals surface area contributed by atoms with Gasteiger partial charge in [-0.05, 0) is 25.1 Å². The van der Waals surface area contributed by atoms with Crippen molar-refractivity contribution < 1.29 is 14.7 Å². The summed E-state index contributed by atoms with van der Waals surface area (Å²) in [5.41, 5.74) is 3.10. The summed E-state index contributed by atoms with van der Waals surface area (Å²) in [6, 6.07) is 4.53. The Balaban J connectivity index is 1.95. The maximum atomic E-state index is 12.6. The van der Waals surface area contributed by atoms with E-state index in [0.29, 0.717) is 11.3 Å². The van der Waals surface area contributed by atoms with Gasteiger partial charge in [0.2, 0.25) is 0 Å². The fraction of sp³-hybridized carbons (Fsp3) is 0.308. The van der Waals surface area contributed by atoms with Gasteiger partial charge in [-0.1, -0.05) is 0 Å². The minimum Gasteiger partial charge on any atom is -0.480 e. The molecule has 0 saturated carbocycles. The number of nitrogens with zero attached hydrogens (tertiary/aromatic N) is 2. The number of thioether (sulfide) groups is 1. The molecule has 0 aliphatic carbocycles. The van der Waals surface area contributed by atoms with Crippen molar-refractivity contribution in [2.45, 2.75) is 18.3 Å². The van der Waals surface area contributed by atoms with Crippen molar-refractivity contribution in [2.24, 2.45) is 0 Å². The Labute approximate surface area is 123 Å². The van der Waals surface area contributed by atoms with E-state index in [2.05, 4.69) is 4.98 Å². The molecule has 1 amide bonds. The van der Waals surface area contributed by atoms with Gasteiger partial charge in [0.1, 0.15) is 6.04 Å². The summed E-state index contributed by atoms with van der Waals surface area (Å²) in [4.78, 5) is 29.4. The minimum atomic E-state index is -0.950. The molecule has 1 aromatic heterocycles. The van der Waals surface area contributed by atoms with Crippen molar-refractivity contribution in [3.8, 4) is 0 Å². The largest absolute Gasteiger partial charge is 0.480 e. The molecule has 1 fully saturated rings. The zero-order valence-corrected chi connectivity index (χ0v) is 12.3. The minimum absolute atomic E-state index is 0.124. The zero-order valence-electron chi connectivity index (χ0n) is 10.6. The highest BCUT2D eigenvalue weighted by atomic mass is 32.2. The van der Waals surface area contributed by atoms with Gasteiger partial charge in [-0.2, -0.15) is 0 Å². The topological polar surface area (TPSA) is 70.5 Å². The Bertz CT molecular complexity index is 685. The molecule has 104 valence electrons. The Morgan fingerprint density at radius 3 is 3.00 bits per heavy atom. The Kier molecular flexibility index (Phi) is 3.39. The van der Waals surface area contributed by atoms with Crippen LogP contribution >= 0.6 is 23.1 Å². The third-order valence-corrected chi connectivity index (χ3v) is 5.33. The average molecular weight is 308 g/mol. The van der Waals surface area contributed by atoms with Gasteiger partial charge >= 0.3 is 5.97 Å². The molecule has 1 N–H and O–H groups in total. The van der Waals surface area contributed by atoms with Gasteiger partial charge < -0.3 is 10.0 Å². The number of carbonyl (C=O) groups excluding carboxylic acids is 1. The number of carbonyl (C=O) groups is 2. The van der Waals surface area contributed by atoms with Crippen LogP contribution in [0.1, 0.15) is 17.3 Å². The highest BCUT2D eigenvalue weighted by Crippen LogP contribution is 2.31. The van der Waals surface area contributed by atoms with Crippen LogP contribution in [0.4, 0.5) is 0 Å². The van der Waals surface area contributed by atoms with Crippen LogP contribution in [0, 0.1) is 0 Å². The molecule has 0 spiro atoms. The third-order valence-electron chi connectivity index (χ3n) is 3.32. The summed E-state index contributed by atoms with van der Waals surface area (Å²) in [5, 5.41) is 9.10. The van der Waals surface area contributed by atoms with Crippen LogP contribution in [0.3, 0.4) is 0 Å². The standard InChI is InChI=1S/C13H12N2O3S2/c1-7-15(10(5-19-7)13(17)18)12(16)8-2-3-9-11(4-8)20-6-14-9/h2-4,6-7,10H,5H2,1H3,(H,17,18). The number of amides is 1. The normalized spacial score (nSPS) is 22.4. The lowest BCUT2D eigenvalue weighted by atomic mass is 10.1. The lowest BCUT2D eigenvalue weighted by molar-refractivity contribution is -0.141. The highest BCUT2D eigenvalue weighted by molar-refractivity contribution is 8.00. The van der Waals surface area contributed by atoms with Crippen LogP contribution in [-0.4, -0.2) is 44.0 Å². The van der Waals surface area contributed by atoms with Crippen LogP contribution in [0.25, 0.3) is 10.2 Å². The number of rotatable bonds is 2. The van der Waals surface area contributed by atoms with E-state index < -0.39 is 12.0 Å². The predicted molar refractivity (Wildman–Crippen MR) is 79.1 cm³/mol. The van der Waals surface area contributed by atoms with Gasteiger partial charge in [-0.15, -0.1) is 23.1 Å². The van der Waals surface area contributed by atoms with Gasteiger partial charge in [0.15, 0.2) is 0 Å². The van der Waals surface area contributed by atoms with E-state index in [4.69, 9.17) is 0 Å². The molecular formula is C13H12N2O3S2. The monoisotopic (exact) mass is 308 g/mol. The summed E-state index contributed by atoms with van der Waals surface area (Å²) < 4.78 is 0.933. The Morgan fingerprint density at radius 1 is 1.45 bits per heavy atom. The Morgan fingerprint density at radius 2 is 2.25 bits per heavy atom. The summed E-state index contributed by atoms with van der Waals surface area (Å²) in [6.07, 6.45) is 0. The summed E-state index contributed by atoms with van der Waals surface area (Å²) in [5.74, 6) is -0.746. The second-order valence-electron chi connectivity index (χ2n) is 4.53. The molecule has 2 unspecified atom stereocenters. The second kappa shape index (κ2) is 5.06. The number of thiazole rings is 1. The Hall–Kier alpha value is -1.60. The summed E-state index contributed by atoms with van der Waals surface area (Å²) in [6.45, 7) is 1.86. The van der Waals surface area contributed by atoms with E-state index in [1.165, 1.54) is 28.0 Å². The van der Waals surface area contributed by atoms with E-state index in [0.717, 1.165) is 10.2 Å². The molecule has 1 saturated heterocycles. The van der Waals surface area contributed by atoms with Crippen molar-refractivity contribution in [1.29, 1.82) is 0 Å². The smallest absolute Gasteiger partial charge is 0.327 e. The van der Waals surface area contributed by atoms with E-state index >= 15 is 0 Å². The molecule has 20 heavy (non-hydrogen) atoms. The first-order valence-corrected chi connectivity index (χ1v) is 8.01. The highest BCUT2D eigenvalue weighted by Gasteiger charge is 2.39. The van der Waals surface area contributed by atoms with Crippen molar-refractivity contribution in [1.82, 2.24) is 9.88 Å². The fourth-order valence-corrected chi connectivity index (χ4v) is 4.16. The van der Waals surface area contributed by atoms with Crippen LogP contribution in [-0.2, 0) is 4.79 Å². The van der Waals surface area contributed by atoms with Gasteiger partial charge in [0.05, 0.1) is 21.1 Å². The molecule has 5 nitrogen and oxygen atoms in total. The van der Waals surface area contributed by atoms with E-state index in [1.54, 1.807) is 23.7 Å². The number of carboxylic acids is 1. The number of hydrogen-bond donors (Lipinski definition) is 1. The van der Waals surface area contributed by atoms with Crippen molar-refractivity contribution in [3.05, 3.63) is 29.3 Å². The molecule has 2 aromatic rings. The molecule has 7 heteroatoms. The van der Waals surface area contributed by atoms with E-state index in [1.807, 2.05) is 6.92 Å². The summed E-state index contributed by atoms with van der Waals surface area (Å²) in [7, 11) is 0.